The molecule has 2 aromatic carbocycles. The molecular formula is C21H27ClN2O6S2. The molecule has 176 valence electrons. The number of amides is 1. The number of carbonyl (C=O) groups excluding carboxylic acids is 1. The van der Waals surface area contributed by atoms with Gasteiger partial charge in [-0.25, -0.2) is 16.8 Å². The Balaban J connectivity index is 2.37. The van der Waals surface area contributed by atoms with Gasteiger partial charge in [0.15, 0.2) is 9.84 Å². The minimum absolute atomic E-state index is 0.162. The lowest BCUT2D eigenvalue weighted by Crippen LogP contribution is -2.49. The molecule has 0 heterocycles. The van der Waals surface area contributed by atoms with Crippen molar-refractivity contribution in [2.24, 2.45) is 0 Å². The Labute approximate surface area is 194 Å². The number of halogens is 1. The lowest BCUT2D eigenvalue weighted by atomic mass is 10.1. The van der Waals surface area contributed by atoms with E-state index in [-0.39, 0.29) is 22.8 Å². The topological polar surface area (TPSA) is 110 Å². The summed E-state index contributed by atoms with van der Waals surface area (Å²) in [6.45, 7) is 3.43. The molecule has 0 bridgehead atoms. The maximum Gasteiger partial charge on any atom is 0.244 e. The molecular weight excluding hydrogens is 476 g/mol. The molecule has 0 aromatic heterocycles. The molecule has 0 fully saturated rings. The number of hydrogen-bond donors (Lipinski definition) is 1. The summed E-state index contributed by atoms with van der Waals surface area (Å²) in [6, 6.07) is 9.12. The minimum Gasteiger partial charge on any atom is -0.495 e. The van der Waals surface area contributed by atoms with Crippen molar-refractivity contribution in [3.05, 3.63) is 53.1 Å². The molecule has 32 heavy (non-hydrogen) atoms. The zero-order valence-corrected chi connectivity index (χ0v) is 20.9. The standard InChI is InChI=1S/C21H27ClN2O6S2/c1-6-18(24(32(5,28)29)19-13-16(22)9-12-20(19)30-3)21(25)23-14(2)15-7-10-17(11-8-15)31(4,26)27/h7-14,18H,6H2,1-5H3,(H,23,25)/t14-,18+/m0/s1. The highest BCUT2D eigenvalue weighted by atomic mass is 35.5. The summed E-state index contributed by atoms with van der Waals surface area (Å²) in [5.41, 5.74) is 0.835. The monoisotopic (exact) mass is 502 g/mol. The van der Waals surface area contributed by atoms with Crippen LogP contribution in [0.15, 0.2) is 47.4 Å². The number of ether oxygens (including phenoxy) is 1. The Hall–Kier alpha value is -2.30. The molecule has 0 aliphatic carbocycles. The molecule has 0 aliphatic heterocycles. The highest BCUT2D eigenvalue weighted by Crippen LogP contribution is 2.35. The predicted octanol–water partition coefficient (Wildman–Crippen LogP) is 3.17. The SMILES string of the molecule is CC[C@H](C(=O)N[C@@H](C)c1ccc(S(C)(=O)=O)cc1)N(c1cc(Cl)ccc1OC)S(C)(=O)=O. The zero-order chi connectivity index (χ0) is 24.3. The molecule has 0 saturated carbocycles. The second-order valence-corrected chi connectivity index (χ2v) is 11.7. The average Bonchev–Trinajstić information content (AvgIpc) is 2.70. The second kappa shape index (κ2) is 10.1. The summed E-state index contributed by atoms with van der Waals surface area (Å²) >= 11 is 6.08. The Morgan fingerprint density at radius 1 is 1.09 bits per heavy atom. The van der Waals surface area contributed by atoms with Crippen LogP contribution in [0.3, 0.4) is 0 Å². The number of anilines is 1. The van der Waals surface area contributed by atoms with Crippen molar-refractivity contribution < 1.29 is 26.4 Å². The summed E-state index contributed by atoms with van der Waals surface area (Å²) in [4.78, 5) is 13.3. The smallest absolute Gasteiger partial charge is 0.244 e. The molecule has 0 aliphatic rings. The number of carbonyl (C=O) groups is 1. The Morgan fingerprint density at radius 2 is 1.69 bits per heavy atom. The van der Waals surface area contributed by atoms with Gasteiger partial charge in [0.2, 0.25) is 15.9 Å². The first-order valence-corrected chi connectivity index (χ1v) is 13.8. The van der Waals surface area contributed by atoms with Gasteiger partial charge in [-0.2, -0.15) is 0 Å². The molecule has 0 unspecified atom stereocenters. The van der Waals surface area contributed by atoms with Gasteiger partial charge in [-0.05, 0) is 49.2 Å². The number of hydrogen-bond acceptors (Lipinski definition) is 6. The van der Waals surface area contributed by atoms with Gasteiger partial charge >= 0.3 is 0 Å². The second-order valence-electron chi connectivity index (χ2n) is 7.37. The van der Waals surface area contributed by atoms with Crippen molar-refractivity contribution in [1.82, 2.24) is 5.32 Å². The summed E-state index contributed by atoms with van der Waals surface area (Å²) in [6.07, 6.45) is 2.31. The van der Waals surface area contributed by atoms with Crippen LogP contribution in [0.5, 0.6) is 5.75 Å². The van der Waals surface area contributed by atoms with Gasteiger partial charge in [0.05, 0.1) is 30.0 Å². The van der Waals surface area contributed by atoms with Crippen molar-refractivity contribution >= 4 is 43.1 Å². The first-order chi connectivity index (χ1) is 14.8. The quantitative estimate of drug-likeness (QED) is 0.564. The van der Waals surface area contributed by atoms with Gasteiger partial charge < -0.3 is 10.1 Å². The van der Waals surface area contributed by atoms with Crippen LogP contribution in [0.4, 0.5) is 5.69 Å². The van der Waals surface area contributed by atoms with Gasteiger partial charge in [-0.1, -0.05) is 30.7 Å². The van der Waals surface area contributed by atoms with E-state index >= 15 is 0 Å². The Kier molecular flexibility index (Phi) is 8.19. The highest BCUT2D eigenvalue weighted by molar-refractivity contribution is 7.92. The molecule has 2 rings (SSSR count). The fraction of sp³-hybridized carbons (Fsp3) is 0.381. The number of sulfone groups is 1. The maximum atomic E-state index is 13.1. The largest absolute Gasteiger partial charge is 0.495 e. The number of methoxy groups -OCH3 is 1. The van der Waals surface area contributed by atoms with Gasteiger partial charge in [0.1, 0.15) is 11.8 Å². The van der Waals surface area contributed by atoms with E-state index in [1.54, 1.807) is 32.0 Å². The summed E-state index contributed by atoms with van der Waals surface area (Å²) in [5, 5.41) is 3.11. The number of benzene rings is 2. The van der Waals surface area contributed by atoms with Gasteiger partial charge in [0, 0.05) is 11.3 Å². The van der Waals surface area contributed by atoms with E-state index in [2.05, 4.69) is 5.32 Å². The van der Waals surface area contributed by atoms with Gasteiger partial charge in [-0.3, -0.25) is 9.10 Å². The summed E-state index contributed by atoms with van der Waals surface area (Å²) in [7, 11) is -5.82. The Bertz CT molecular complexity index is 1180. The van der Waals surface area contributed by atoms with Crippen molar-refractivity contribution in [2.75, 3.05) is 23.9 Å². The van der Waals surface area contributed by atoms with Crippen LogP contribution < -0.4 is 14.4 Å². The highest BCUT2D eigenvalue weighted by Gasteiger charge is 2.34. The number of nitrogens with one attached hydrogen (secondary N) is 1. The average molecular weight is 503 g/mol. The summed E-state index contributed by atoms with van der Waals surface area (Å²) in [5.74, 6) is -0.255. The lowest BCUT2D eigenvalue weighted by Gasteiger charge is -2.32. The maximum absolute atomic E-state index is 13.1. The lowest BCUT2D eigenvalue weighted by molar-refractivity contribution is -0.122. The molecule has 2 atom stereocenters. The normalized spacial score (nSPS) is 13.8. The molecule has 1 amide bonds. The van der Waals surface area contributed by atoms with Crippen LogP contribution in [-0.2, 0) is 24.7 Å². The van der Waals surface area contributed by atoms with E-state index in [0.29, 0.717) is 10.6 Å². The van der Waals surface area contributed by atoms with Crippen LogP contribution in [0, 0.1) is 0 Å². The third kappa shape index (κ3) is 6.14. The minimum atomic E-state index is -3.88. The van der Waals surface area contributed by atoms with E-state index in [0.717, 1.165) is 16.8 Å². The third-order valence-electron chi connectivity index (χ3n) is 4.88. The van der Waals surface area contributed by atoms with E-state index < -0.39 is 37.9 Å². The van der Waals surface area contributed by atoms with E-state index in [1.807, 2.05) is 0 Å². The van der Waals surface area contributed by atoms with E-state index in [4.69, 9.17) is 16.3 Å². The van der Waals surface area contributed by atoms with Crippen LogP contribution in [0.1, 0.15) is 31.9 Å². The fourth-order valence-corrected chi connectivity index (χ4v) is 5.27. The number of sulfonamides is 1. The van der Waals surface area contributed by atoms with Crippen LogP contribution in [0.25, 0.3) is 0 Å². The molecule has 0 spiro atoms. The van der Waals surface area contributed by atoms with Crippen molar-refractivity contribution in [2.45, 2.75) is 37.2 Å². The van der Waals surface area contributed by atoms with Crippen molar-refractivity contribution in [1.29, 1.82) is 0 Å². The number of rotatable bonds is 9. The molecule has 1 N–H and O–H groups in total. The van der Waals surface area contributed by atoms with Gasteiger partial charge in [-0.15, -0.1) is 0 Å². The zero-order valence-electron chi connectivity index (χ0n) is 18.5. The van der Waals surface area contributed by atoms with Crippen LogP contribution >= 0.6 is 11.6 Å². The molecule has 8 nitrogen and oxygen atoms in total. The molecule has 0 radical (unpaired) electrons. The molecule has 11 heteroatoms. The molecule has 2 aromatic rings. The first-order valence-electron chi connectivity index (χ1n) is 9.73. The summed E-state index contributed by atoms with van der Waals surface area (Å²) < 4.78 is 55.0. The van der Waals surface area contributed by atoms with E-state index in [1.165, 1.54) is 31.4 Å². The van der Waals surface area contributed by atoms with Crippen LogP contribution in [0.2, 0.25) is 5.02 Å². The van der Waals surface area contributed by atoms with Gasteiger partial charge in [0.25, 0.3) is 0 Å². The number of nitrogens with zero attached hydrogens (tertiary/aromatic N) is 1. The van der Waals surface area contributed by atoms with Crippen molar-refractivity contribution in [3.63, 3.8) is 0 Å². The predicted molar refractivity (Wildman–Crippen MR) is 126 cm³/mol. The fourth-order valence-electron chi connectivity index (χ4n) is 3.27. The molecule has 0 saturated heterocycles. The third-order valence-corrected chi connectivity index (χ3v) is 7.40. The first kappa shape index (κ1) is 26.0. The van der Waals surface area contributed by atoms with E-state index in [9.17, 15) is 21.6 Å². The van der Waals surface area contributed by atoms with Crippen molar-refractivity contribution in [3.8, 4) is 5.75 Å². The van der Waals surface area contributed by atoms with Crippen LogP contribution in [-0.4, -0.2) is 48.4 Å². The Morgan fingerprint density at radius 3 is 2.16 bits per heavy atom.